The van der Waals surface area contributed by atoms with Gasteiger partial charge < -0.3 is 14.6 Å². The molecule has 214 valence electrons. The van der Waals surface area contributed by atoms with Crippen LogP contribution in [0.15, 0.2) is 73.3 Å². The summed E-state index contributed by atoms with van der Waals surface area (Å²) in [6, 6.07) is 20.1. The van der Waals surface area contributed by atoms with Gasteiger partial charge in [-0.15, -0.1) is 17.9 Å². The van der Waals surface area contributed by atoms with E-state index in [-0.39, 0.29) is 29.9 Å². The summed E-state index contributed by atoms with van der Waals surface area (Å²) in [5.41, 5.74) is 5.42. The zero-order valence-electron chi connectivity index (χ0n) is 23.3. The van der Waals surface area contributed by atoms with Crippen LogP contribution in [0.25, 0.3) is 21.2 Å². The van der Waals surface area contributed by atoms with Crippen molar-refractivity contribution < 1.29 is 27.8 Å². The lowest BCUT2D eigenvalue weighted by Gasteiger charge is -2.23. The van der Waals surface area contributed by atoms with E-state index in [4.69, 9.17) is 14.6 Å². The molecule has 0 spiro atoms. The van der Waals surface area contributed by atoms with Crippen molar-refractivity contribution in [1.29, 1.82) is 0 Å². The van der Waals surface area contributed by atoms with Gasteiger partial charge in [0, 0.05) is 26.4 Å². The second-order valence-corrected chi connectivity index (χ2v) is 14.2. The maximum Gasteiger partial charge on any atom is 0.304 e. The highest BCUT2D eigenvalue weighted by atomic mass is 32.2. The Morgan fingerprint density at radius 3 is 2.41 bits per heavy atom. The largest absolute Gasteiger partial charge is 0.490 e. The van der Waals surface area contributed by atoms with Crippen molar-refractivity contribution in [2.24, 2.45) is 0 Å². The third-order valence-electron chi connectivity index (χ3n) is 7.59. The number of ether oxygens (including phenoxy) is 2. The van der Waals surface area contributed by atoms with Crippen LogP contribution in [0.5, 0.6) is 11.5 Å². The van der Waals surface area contributed by atoms with E-state index >= 15 is 0 Å². The van der Waals surface area contributed by atoms with Crippen LogP contribution in [0.3, 0.4) is 0 Å². The molecule has 8 heteroatoms. The number of aryl methyl sites for hydroxylation is 2. The number of aliphatic carboxylic acids is 1. The Balaban J connectivity index is 1.31. The van der Waals surface area contributed by atoms with Gasteiger partial charge in [-0.25, -0.2) is 8.42 Å². The van der Waals surface area contributed by atoms with Gasteiger partial charge in [-0.1, -0.05) is 30.3 Å². The molecule has 1 fully saturated rings. The van der Waals surface area contributed by atoms with Crippen molar-refractivity contribution in [1.82, 2.24) is 0 Å². The number of rotatable bonds is 10. The first kappa shape index (κ1) is 28.9. The van der Waals surface area contributed by atoms with Gasteiger partial charge in [0.1, 0.15) is 24.2 Å². The second-order valence-electron chi connectivity index (χ2n) is 10.6. The molecule has 1 saturated heterocycles. The van der Waals surface area contributed by atoms with E-state index in [9.17, 15) is 13.2 Å². The van der Waals surface area contributed by atoms with E-state index in [1.807, 2.05) is 36.4 Å². The molecule has 6 nitrogen and oxygen atoms in total. The molecule has 1 unspecified atom stereocenters. The summed E-state index contributed by atoms with van der Waals surface area (Å²) in [5.74, 6) is 0.779. The number of hydrogen-bond acceptors (Lipinski definition) is 6. The molecule has 0 saturated carbocycles. The zero-order chi connectivity index (χ0) is 29.1. The number of carboxylic acid groups (broad SMARTS) is 1. The van der Waals surface area contributed by atoms with Gasteiger partial charge >= 0.3 is 5.97 Å². The summed E-state index contributed by atoms with van der Waals surface area (Å²) in [5, 5.41) is 10.3. The van der Waals surface area contributed by atoms with Gasteiger partial charge in [-0.2, -0.15) is 0 Å². The predicted octanol–water partition coefficient (Wildman–Crippen LogP) is 7.46. The first-order valence-corrected chi connectivity index (χ1v) is 16.3. The Labute approximate surface area is 245 Å². The monoisotopic (exact) mass is 590 g/mol. The van der Waals surface area contributed by atoms with Crippen LogP contribution in [0, 0.1) is 13.8 Å². The lowest BCUT2D eigenvalue weighted by atomic mass is 9.96. The van der Waals surface area contributed by atoms with E-state index < -0.39 is 15.8 Å². The van der Waals surface area contributed by atoms with Crippen LogP contribution in [0.2, 0.25) is 0 Å². The van der Waals surface area contributed by atoms with Crippen molar-refractivity contribution in [2.75, 3.05) is 11.5 Å². The molecule has 41 heavy (non-hydrogen) atoms. The Morgan fingerprint density at radius 1 is 1.05 bits per heavy atom. The minimum Gasteiger partial charge on any atom is -0.490 e. The molecule has 0 amide bonds. The molecule has 0 radical (unpaired) electrons. The lowest BCUT2D eigenvalue weighted by Crippen LogP contribution is -2.30. The van der Waals surface area contributed by atoms with Gasteiger partial charge in [-0.05, 0) is 85.3 Å². The lowest BCUT2D eigenvalue weighted by molar-refractivity contribution is -0.137. The smallest absolute Gasteiger partial charge is 0.304 e. The van der Waals surface area contributed by atoms with Gasteiger partial charge in [0.05, 0.1) is 17.9 Å². The van der Waals surface area contributed by atoms with Crippen LogP contribution in [0.4, 0.5) is 0 Å². The summed E-state index contributed by atoms with van der Waals surface area (Å²) in [4.78, 5) is 12.3. The van der Waals surface area contributed by atoms with Crippen LogP contribution < -0.4 is 9.47 Å². The molecule has 0 aliphatic carbocycles. The molecule has 4 aromatic rings. The minimum atomic E-state index is -2.92. The Morgan fingerprint density at radius 2 is 1.76 bits per heavy atom. The van der Waals surface area contributed by atoms with E-state index in [0.29, 0.717) is 19.4 Å². The maximum absolute atomic E-state index is 11.7. The number of fused-ring (bicyclic) bond motifs is 1. The first-order chi connectivity index (χ1) is 19.6. The second kappa shape index (κ2) is 12.1. The molecule has 1 atom stereocenters. The van der Waals surface area contributed by atoms with E-state index in [2.05, 4.69) is 44.7 Å². The van der Waals surface area contributed by atoms with Crippen molar-refractivity contribution in [3.63, 3.8) is 0 Å². The highest BCUT2D eigenvalue weighted by Gasteiger charge is 2.25. The van der Waals surface area contributed by atoms with Crippen LogP contribution in [-0.4, -0.2) is 37.1 Å². The predicted molar refractivity (Wildman–Crippen MR) is 165 cm³/mol. The fourth-order valence-corrected chi connectivity index (χ4v) is 7.87. The third-order valence-corrected chi connectivity index (χ3v) is 10.4. The highest BCUT2D eigenvalue weighted by molar-refractivity contribution is 7.91. The highest BCUT2D eigenvalue weighted by Crippen LogP contribution is 2.41. The number of hydrogen-bond donors (Lipinski definition) is 1. The maximum atomic E-state index is 11.7. The van der Waals surface area contributed by atoms with Gasteiger partial charge in [0.25, 0.3) is 0 Å². The number of allylic oxidation sites excluding steroid dienone is 1. The van der Waals surface area contributed by atoms with Gasteiger partial charge in [0.2, 0.25) is 0 Å². The number of sulfone groups is 1. The number of benzene rings is 3. The molecule has 2 heterocycles. The van der Waals surface area contributed by atoms with E-state index in [1.54, 1.807) is 17.4 Å². The van der Waals surface area contributed by atoms with Crippen LogP contribution in [-0.2, 0) is 21.2 Å². The summed E-state index contributed by atoms with van der Waals surface area (Å²) in [6.07, 6.45) is 2.67. The first-order valence-electron chi connectivity index (χ1n) is 13.7. The molecule has 1 aliphatic rings. The van der Waals surface area contributed by atoms with E-state index in [1.165, 1.54) is 20.5 Å². The standard InChI is InChI=1S/C33H34O6S2/c1-4-24(19-32(34)35)25-6-8-26(9-7-25)38-20-23-5-12-31-30(18-23)33(22(3)40-31)29-11-10-28(17-21(29)2)39-27-13-15-41(36,37)16-14-27/h4-12,17-18,24,27H,1,13-16,19-20H2,2-3H3,(H,34,35). The molecule has 0 bridgehead atoms. The topological polar surface area (TPSA) is 89.9 Å². The number of carbonyl (C=O) groups is 1. The van der Waals surface area contributed by atoms with Gasteiger partial charge in [-0.3, -0.25) is 4.79 Å². The van der Waals surface area contributed by atoms with Gasteiger partial charge in [0.15, 0.2) is 9.84 Å². The fraction of sp³-hybridized carbons (Fsp3) is 0.303. The SMILES string of the molecule is C=CC(CC(=O)O)c1ccc(OCc2ccc3sc(C)c(-c4ccc(OC5CCS(=O)(=O)CC5)cc4C)c3c2)cc1. The fourth-order valence-electron chi connectivity index (χ4n) is 5.36. The molecular formula is C33H34O6S2. The molecule has 3 aromatic carbocycles. The average Bonchev–Trinajstić information content (AvgIpc) is 3.27. The minimum absolute atomic E-state index is 0.00821. The quantitative estimate of drug-likeness (QED) is 0.193. The van der Waals surface area contributed by atoms with Crippen molar-refractivity contribution >= 4 is 37.2 Å². The Hall–Kier alpha value is -3.62. The van der Waals surface area contributed by atoms with E-state index in [0.717, 1.165) is 33.8 Å². The summed E-state index contributed by atoms with van der Waals surface area (Å²) < 4.78 is 36.9. The number of thiophene rings is 1. The summed E-state index contributed by atoms with van der Waals surface area (Å²) >= 11 is 1.77. The molecule has 1 N–H and O–H groups in total. The average molecular weight is 591 g/mol. The normalized spacial score (nSPS) is 15.9. The summed E-state index contributed by atoms with van der Waals surface area (Å²) in [6.45, 7) is 8.40. The van der Waals surface area contributed by atoms with Crippen molar-refractivity contribution in [3.8, 4) is 22.6 Å². The van der Waals surface area contributed by atoms with Crippen LogP contribution in [0.1, 0.15) is 46.7 Å². The Kier molecular flexibility index (Phi) is 8.52. The molecular weight excluding hydrogens is 556 g/mol. The zero-order valence-corrected chi connectivity index (χ0v) is 24.9. The van der Waals surface area contributed by atoms with Crippen LogP contribution >= 0.6 is 11.3 Å². The van der Waals surface area contributed by atoms with Crippen molar-refractivity contribution in [2.45, 2.75) is 51.7 Å². The molecule has 5 rings (SSSR count). The molecule has 1 aromatic heterocycles. The molecule has 1 aliphatic heterocycles. The number of carboxylic acids is 1. The third kappa shape index (κ3) is 6.82. The van der Waals surface area contributed by atoms with Crippen molar-refractivity contribution in [3.05, 3.63) is 94.9 Å². The summed E-state index contributed by atoms with van der Waals surface area (Å²) in [7, 11) is -2.92. The Bertz CT molecular complexity index is 1670.